The molecular formula is C19H18O. The number of carbonyl (C=O) groups excluding carboxylic acids is 1. The molecule has 2 aromatic carbocycles. The van der Waals surface area contributed by atoms with E-state index in [-0.39, 0.29) is 5.78 Å². The summed E-state index contributed by atoms with van der Waals surface area (Å²) in [5.41, 5.74) is 5.32. The highest BCUT2D eigenvalue weighted by Gasteiger charge is 2.23. The number of ketones is 1. The van der Waals surface area contributed by atoms with Crippen LogP contribution in [0.5, 0.6) is 0 Å². The van der Waals surface area contributed by atoms with E-state index in [0.717, 1.165) is 28.7 Å². The molecule has 1 aliphatic rings. The van der Waals surface area contributed by atoms with Gasteiger partial charge in [-0.15, -0.1) is 0 Å². The average Bonchev–Trinajstić information content (AvgIpc) is 2.77. The number of Topliss-reactive ketones (excluding diaryl/α,β-unsaturated/α-hetero) is 1. The number of fused-ring (bicyclic) bond motifs is 1. The van der Waals surface area contributed by atoms with Gasteiger partial charge in [0.05, 0.1) is 0 Å². The molecule has 0 spiro atoms. The van der Waals surface area contributed by atoms with E-state index in [4.69, 9.17) is 0 Å². The number of hydrogen-bond donors (Lipinski definition) is 0. The molecule has 20 heavy (non-hydrogen) atoms. The van der Waals surface area contributed by atoms with E-state index in [0.29, 0.717) is 5.92 Å². The Balaban J connectivity index is 1.89. The van der Waals surface area contributed by atoms with Crippen molar-refractivity contribution >= 4 is 11.9 Å². The lowest BCUT2D eigenvalue weighted by atomic mass is 10.0. The van der Waals surface area contributed by atoms with E-state index in [1.54, 1.807) is 0 Å². The average molecular weight is 262 g/mol. The number of carbonyl (C=O) groups is 1. The van der Waals surface area contributed by atoms with Crippen LogP contribution in [-0.2, 0) is 6.42 Å². The molecule has 0 heterocycles. The molecule has 2 aromatic rings. The van der Waals surface area contributed by atoms with Gasteiger partial charge in [0, 0.05) is 17.6 Å². The molecule has 1 aliphatic carbocycles. The minimum atomic E-state index is 0.175. The van der Waals surface area contributed by atoms with Crippen molar-refractivity contribution in [2.75, 3.05) is 0 Å². The van der Waals surface area contributed by atoms with Gasteiger partial charge in [0.25, 0.3) is 0 Å². The van der Waals surface area contributed by atoms with Crippen LogP contribution >= 0.6 is 0 Å². The predicted molar refractivity (Wildman–Crippen MR) is 83.0 cm³/mol. The van der Waals surface area contributed by atoms with E-state index < -0.39 is 0 Å². The van der Waals surface area contributed by atoms with Crippen molar-refractivity contribution in [1.29, 1.82) is 0 Å². The zero-order valence-corrected chi connectivity index (χ0v) is 11.9. The monoisotopic (exact) mass is 262 g/mol. The number of hydrogen-bond acceptors (Lipinski definition) is 1. The van der Waals surface area contributed by atoms with Crippen molar-refractivity contribution < 1.29 is 4.79 Å². The van der Waals surface area contributed by atoms with Crippen LogP contribution in [-0.4, -0.2) is 5.78 Å². The van der Waals surface area contributed by atoms with Crippen LogP contribution in [0, 0.1) is 0 Å². The van der Waals surface area contributed by atoms with Crippen molar-refractivity contribution in [3.8, 4) is 0 Å². The van der Waals surface area contributed by atoms with Gasteiger partial charge < -0.3 is 0 Å². The van der Waals surface area contributed by atoms with E-state index in [2.05, 4.69) is 38.1 Å². The fraction of sp³-hybridized carbons (Fsp3) is 0.211. The topological polar surface area (TPSA) is 17.1 Å². The van der Waals surface area contributed by atoms with E-state index in [1.807, 2.05) is 30.3 Å². The van der Waals surface area contributed by atoms with Crippen molar-refractivity contribution in [2.45, 2.75) is 26.2 Å². The second-order valence-electron chi connectivity index (χ2n) is 5.65. The Morgan fingerprint density at radius 1 is 1.00 bits per heavy atom. The van der Waals surface area contributed by atoms with Crippen LogP contribution in [0.2, 0.25) is 0 Å². The maximum Gasteiger partial charge on any atom is 0.189 e. The van der Waals surface area contributed by atoms with Gasteiger partial charge in [-0.25, -0.2) is 0 Å². The summed E-state index contributed by atoms with van der Waals surface area (Å²) >= 11 is 0. The van der Waals surface area contributed by atoms with Gasteiger partial charge in [-0.05, 0) is 28.7 Å². The standard InChI is InChI=1S/C19H18O/c1-13(2)15-9-7-14(8-10-15)11-17-12-16-5-3-4-6-18(16)19(17)20/h3-11,13H,12H2,1-2H3. The van der Waals surface area contributed by atoms with Gasteiger partial charge in [0.2, 0.25) is 0 Å². The summed E-state index contributed by atoms with van der Waals surface area (Å²) in [6.07, 6.45) is 2.77. The molecule has 0 saturated carbocycles. The number of benzene rings is 2. The van der Waals surface area contributed by atoms with Gasteiger partial charge >= 0.3 is 0 Å². The van der Waals surface area contributed by atoms with Crippen LogP contribution in [0.3, 0.4) is 0 Å². The molecular weight excluding hydrogens is 244 g/mol. The maximum atomic E-state index is 12.3. The minimum Gasteiger partial charge on any atom is -0.289 e. The predicted octanol–water partition coefficient (Wildman–Crippen LogP) is 4.63. The van der Waals surface area contributed by atoms with E-state index >= 15 is 0 Å². The Hall–Kier alpha value is -2.15. The third-order valence-corrected chi connectivity index (χ3v) is 3.88. The molecule has 3 rings (SSSR count). The van der Waals surface area contributed by atoms with E-state index in [1.165, 1.54) is 5.56 Å². The lowest BCUT2D eigenvalue weighted by molar-refractivity contribution is 0.104. The Bertz CT molecular complexity index is 675. The van der Waals surface area contributed by atoms with Crippen molar-refractivity contribution in [1.82, 2.24) is 0 Å². The fourth-order valence-corrected chi connectivity index (χ4v) is 2.65. The molecule has 0 aromatic heterocycles. The van der Waals surface area contributed by atoms with Gasteiger partial charge in [-0.2, -0.15) is 0 Å². The summed E-state index contributed by atoms with van der Waals surface area (Å²) in [6, 6.07) is 16.4. The molecule has 0 amide bonds. The smallest absolute Gasteiger partial charge is 0.189 e. The Labute approximate surface area is 120 Å². The van der Waals surface area contributed by atoms with Crippen molar-refractivity contribution in [2.24, 2.45) is 0 Å². The van der Waals surface area contributed by atoms with Crippen LogP contribution in [0.15, 0.2) is 54.1 Å². The Kier molecular flexibility index (Phi) is 3.27. The molecule has 0 unspecified atom stereocenters. The maximum absolute atomic E-state index is 12.3. The van der Waals surface area contributed by atoms with Gasteiger partial charge in [0.15, 0.2) is 5.78 Å². The van der Waals surface area contributed by atoms with Gasteiger partial charge in [-0.1, -0.05) is 62.4 Å². The number of rotatable bonds is 2. The highest BCUT2D eigenvalue weighted by molar-refractivity contribution is 6.15. The molecule has 0 saturated heterocycles. The Morgan fingerprint density at radius 2 is 1.70 bits per heavy atom. The minimum absolute atomic E-state index is 0.175. The molecule has 0 N–H and O–H groups in total. The summed E-state index contributed by atoms with van der Waals surface area (Å²) in [5, 5.41) is 0. The highest BCUT2D eigenvalue weighted by atomic mass is 16.1. The van der Waals surface area contributed by atoms with Gasteiger partial charge in [-0.3, -0.25) is 4.79 Å². The molecule has 0 atom stereocenters. The molecule has 0 radical (unpaired) electrons. The molecule has 0 aliphatic heterocycles. The quantitative estimate of drug-likeness (QED) is 0.721. The molecule has 1 heteroatoms. The number of allylic oxidation sites excluding steroid dienone is 1. The first-order chi connectivity index (χ1) is 9.65. The second-order valence-corrected chi connectivity index (χ2v) is 5.65. The normalized spacial score (nSPS) is 15.9. The first-order valence-corrected chi connectivity index (χ1v) is 7.08. The highest BCUT2D eigenvalue weighted by Crippen LogP contribution is 2.27. The molecule has 0 bridgehead atoms. The van der Waals surface area contributed by atoms with Crippen LogP contribution in [0.25, 0.3) is 6.08 Å². The third kappa shape index (κ3) is 2.32. The fourth-order valence-electron chi connectivity index (χ4n) is 2.65. The first-order valence-electron chi connectivity index (χ1n) is 7.08. The Morgan fingerprint density at radius 3 is 2.35 bits per heavy atom. The summed E-state index contributed by atoms with van der Waals surface area (Å²) in [4.78, 5) is 12.3. The van der Waals surface area contributed by atoms with Gasteiger partial charge in [0.1, 0.15) is 0 Å². The summed E-state index contributed by atoms with van der Waals surface area (Å²) in [7, 11) is 0. The van der Waals surface area contributed by atoms with Crippen LogP contribution < -0.4 is 0 Å². The van der Waals surface area contributed by atoms with Crippen LogP contribution in [0.4, 0.5) is 0 Å². The van der Waals surface area contributed by atoms with Crippen LogP contribution in [0.1, 0.15) is 46.8 Å². The molecule has 100 valence electrons. The summed E-state index contributed by atoms with van der Waals surface area (Å²) < 4.78 is 0. The largest absolute Gasteiger partial charge is 0.289 e. The molecule has 0 fully saturated rings. The summed E-state index contributed by atoms with van der Waals surface area (Å²) in [6.45, 7) is 4.37. The summed E-state index contributed by atoms with van der Waals surface area (Å²) in [5.74, 6) is 0.711. The SMILES string of the molecule is CC(C)c1ccc(C=C2Cc3ccccc3C2=O)cc1. The molecule has 1 nitrogen and oxygen atoms in total. The lowest BCUT2D eigenvalue weighted by Crippen LogP contribution is -1.95. The van der Waals surface area contributed by atoms with E-state index in [9.17, 15) is 4.79 Å². The zero-order chi connectivity index (χ0) is 14.1. The first kappa shape index (κ1) is 12.9. The van der Waals surface area contributed by atoms with Crippen molar-refractivity contribution in [3.63, 3.8) is 0 Å². The second kappa shape index (κ2) is 5.09. The third-order valence-electron chi connectivity index (χ3n) is 3.88. The zero-order valence-electron chi connectivity index (χ0n) is 11.9. The van der Waals surface area contributed by atoms with Crippen molar-refractivity contribution in [3.05, 3.63) is 76.4 Å². The lowest BCUT2D eigenvalue weighted by Gasteiger charge is -2.05.